The smallest absolute Gasteiger partial charge is 0.0573 e. The van der Waals surface area contributed by atoms with Crippen molar-refractivity contribution < 1.29 is 4.74 Å². The van der Waals surface area contributed by atoms with E-state index in [-0.39, 0.29) is 0 Å². The van der Waals surface area contributed by atoms with Gasteiger partial charge in [-0.05, 0) is 31.4 Å². The lowest BCUT2D eigenvalue weighted by Crippen LogP contribution is -2.27. The molecule has 0 aliphatic rings. The molecule has 1 atom stereocenters. The third-order valence-corrected chi connectivity index (χ3v) is 2.74. The Labute approximate surface area is 98.2 Å². The predicted octanol–water partition coefficient (Wildman–Crippen LogP) is 2.16. The van der Waals surface area contributed by atoms with Crippen LogP contribution in [0.3, 0.4) is 0 Å². The highest BCUT2D eigenvalue weighted by Gasteiger charge is 2.04. The quantitative estimate of drug-likeness (QED) is 0.767. The van der Waals surface area contributed by atoms with Crippen LogP contribution in [0.4, 0.5) is 0 Å². The van der Waals surface area contributed by atoms with E-state index in [9.17, 15) is 0 Å². The molecule has 16 heavy (non-hydrogen) atoms. The highest BCUT2D eigenvalue weighted by Crippen LogP contribution is 2.06. The van der Waals surface area contributed by atoms with Gasteiger partial charge in [0.05, 0.1) is 5.69 Å². The number of nitrogens with one attached hydrogen (secondary N) is 1. The number of pyridine rings is 1. The molecule has 0 radical (unpaired) electrons. The molecule has 3 heteroatoms. The first-order chi connectivity index (χ1) is 7.77. The molecule has 1 aromatic heterocycles. The Balaban J connectivity index is 2.41. The largest absolute Gasteiger partial charge is 0.385 e. The van der Waals surface area contributed by atoms with E-state index in [1.165, 1.54) is 5.56 Å². The van der Waals surface area contributed by atoms with Crippen molar-refractivity contribution in [3.8, 4) is 0 Å². The summed E-state index contributed by atoms with van der Waals surface area (Å²) in [4.78, 5) is 4.41. The first-order valence-corrected chi connectivity index (χ1v) is 5.93. The van der Waals surface area contributed by atoms with Crippen LogP contribution in [0.25, 0.3) is 0 Å². The topological polar surface area (TPSA) is 34.2 Å². The SMILES string of the molecule is CCc1cccnc1CNC(C)CCOC. The minimum Gasteiger partial charge on any atom is -0.385 e. The maximum Gasteiger partial charge on any atom is 0.0573 e. The zero-order valence-corrected chi connectivity index (χ0v) is 10.5. The molecule has 1 unspecified atom stereocenters. The van der Waals surface area contributed by atoms with Gasteiger partial charge in [0.1, 0.15) is 0 Å². The van der Waals surface area contributed by atoms with Crippen molar-refractivity contribution >= 4 is 0 Å². The van der Waals surface area contributed by atoms with Crippen LogP contribution >= 0.6 is 0 Å². The molecule has 0 aliphatic heterocycles. The first kappa shape index (κ1) is 13.1. The molecule has 0 saturated carbocycles. The van der Waals surface area contributed by atoms with Gasteiger partial charge in [-0.15, -0.1) is 0 Å². The Kier molecular flexibility index (Phi) is 6.04. The van der Waals surface area contributed by atoms with Crippen LogP contribution in [0.1, 0.15) is 31.5 Å². The summed E-state index contributed by atoms with van der Waals surface area (Å²) in [5.74, 6) is 0. The molecule has 0 bridgehead atoms. The second-order valence-corrected chi connectivity index (χ2v) is 4.03. The Morgan fingerprint density at radius 1 is 1.50 bits per heavy atom. The molecule has 3 nitrogen and oxygen atoms in total. The van der Waals surface area contributed by atoms with Crippen LogP contribution in [-0.4, -0.2) is 24.7 Å². The van der Waals surface area contributed by atoms with E-state index in [0.29, 0.717) is 6.04 Å². The highest BCUT2D eigenvalue weighted by molar-refractivity contribution is 5.19. The molecule has 0 aromatic carbocycles. The number of hydrogen-bond acceptors (Lipinski definition) is 3. The minimum absolute atomic E-state index is 0.465. The third-order valence-electron chi connectivity index (χ3n) is 2.74. The average molecular weight is 222 g/mol. The van der Waals surface area contributed by atoms with Crippen molar-refractivity contribution in [3.05, 3.63) is 29.6 Å². The van der Waals surface area contributed by atoms with Gasteiger partial charge in [-0.3, -0.25) is 4.98 Å². The first-order valence-electron chi connectivity index (χ1n) is 5.93. The molecule has 0 fully saturated rings. The lowest BCUT2D eigenvalue weighted by atomic mass is 10.1. The lowest BCUT2D eigenvalue weighted by molar-refractivity contribution is 0.184. The lowest BCUT2D eigenvalue weighted by Gasteiger charge is -2.14. The van der Waals surface area contributed by atoms with Crippen molar-refractivity contribution in [3.63, 3.8) is 0 Å². The fraction of sp³-hybridized carbons (Fsp3) is 0.615. The van der Waals surface area contributed by atoms with Crippen LogP contribution in [0, 0.1) is 0 Å². The van der Waals surface area contributed by atoms with Gasteiger partial charge in [0.15, 0.2) is 0 Å². The van der Waals surface area contributed by atoms with E-state index in [4.69, 9.17) is 4.74 Å². The predicted molar refractivity (Wildman–Crippen MR) is 66.4 cm³/mol. The molecule has 1 heterocycles. The van der Waals surface area contributed by atoms with Crippen LogP contribution in [-0.2, 0) is 17.7 Å². The van der Waals surface area contributed by atoms with Gasteiger partial charge in [0.2, 0.25) is 0 Å². The molecular formula is C13H22N2O. The van der Waals surface area contributed by atoms with Crippen molar-refractivity contribution in [2.75, 3.05) is 13.7 Å². The van der Waals surface area contributed by atoms with Crippen LogP contribution in [0.2, 0.25) is 0 Å². The van der Waals surface area contributed by atoms with E-state index >= 15 is 0 Å². The Bertz CT molecular complexity index is 302. The maximum atomic E-state index is 5.05. The number of aryl methyl sites for hydroxylation is 1. The average Bonchev–Trinajstić information content (AvgIpc) is 2.34. The zero-order valence-electron chi connectivity index (χ0n) is 10.5. The number of ether oxygens (including phenoxy) is 1. The van der Waals surface area contributed by atoms with Gasteiger partial charge in [-0.25, -0.2) is 0 Å². The van der Waals surface area contributed by atoms with Gasteiger partial charge in [0, 0.05) is 32.5 Å². The summed E-state index contributed by atoms with van der Waals surface area (Å²) in [6.45, 7) is 5.98. The molecule has 1 rings (SSSR count). The number of aromatic nitrogens is 1. The van der Waals surface area contributed by atoms with Crippen molar-refractivity contribution in [1.82, 2.24) is 10.3 Å². The molecular weight excluding hydrogens is 200 g/mol. The van der Waals surface area contributed by atoms with Gasteiger partial charge in [-0.2, -0.15) is 0 Å². The Morgan fingerprint density at radius 3 is 3.00 bits per heavy atom. The molecule has 1 N–H and O–H groups in total. The fourth-order valence-electron chi connectivity index (χ4n) is 1.62. The zero-order chi connectivity index (χ0) is 11.8. The van der Waals surface area contributed by atoms with E-state index in [1.807, 2.05) is 12.3 Å². The van der Waals surface area contributed by atoms with Crippen LogP contribution in [0.5, 0.6) is 0 Å². The summed E-state index contributed by atoms with van der Waals surface area (Å²) >= 11 is 0. The van der Waals surface area contributed by atoms with Crippen molar-refractivity contribution in [2.45, 2.75) is 39.3 Å². The third kappa shape index (κ3) is 4.29. The van der Waals surface area contributed by atoms with Crippen molar-refractivity contribution in [2.24, 2.45) is 0 Å². The van der Waals surface area contributed by atoms with E-state index in [0.717, 1.165) is 31.7 Å². The standard InChI is InChI=1S/C13H22N2O/c1-4-12-6-5-8-14-13(12)10-15-11(2)7-9-16-3/h5-6,8,11,15H,4,7,9-10H2,1-3H3. The molecule has 0 saturated heterocycles. The van der Waals surface area contributed by atoms with Crippen molar-refractivity contribution in [1.29, 1.82) is 0 Å². The summed E-state index contributed by atoms with van der Waals surface area (Å²) in [6, 6.07) is 4.60. The molecule has 0 spiro atoms. The summed E-state index contributed by atoms with van der Waals surface area (Å²) in [5.41, 5.74) is 2.49. The molecule has 1 aromatic rings. The Hall–Kier alpha value is -0.930. The van der Waals surface area contributed by atoms with Gasteiger partial charge >= 0.3 is 0 Å². The maximum absolute atomic E-state index is 5.05. The van der Waals surface area contributed by atoms with Gasteiger partial charge in [0.25, 0.3) is 0 Å². The number of rotatable bonds is 7. The van der Waals surface area contributed by atoms with E-state index in [2.05, 4.69) is 30.2 Å². The molecule has 0 aliphatic carbocycles. The van der Waals surface area contributed by atoms with Gasteiger partial charge < -0.3 is 10.1 Å². The highest BCUT2D eigenvalue weighted by atomic mass is 16.5. The number of hydrogen-bond donors (Lipinski definition) is 1. The molecule has 90 valence electrons. The number of methoxy groups -OCH3 is 1. The van der Waals surface area contributed by atoms with Crippen LogP contribution < -0.4 is 5.32 Å². The second-order valence-electron chi connectivity index (χ2n) is 4.03. The van der Waals surface area contributed by atoms with Crippen LogP contribution in [0.15, 0.2) is 18.3 Å². The summed E-state index contributed by atoms with van der Waals surface area (Å²) in [5, 5.41) is 3.47. The van der Waals surface area contributed by atoms with E-state index < -0.39 is 0 Å². The summed E-state index contributed by atoms with van der Waals surface area (Å²) < 4.78 is 5.05. The minimum atomic E-state index is 0.465. The second kappa shape index (κ2) is 7.36. The molecule has 0 amide bonds. The number of nitrogens with zero attached hydrogens (tertiary/aromatic N) is 1. The van der Waals surface area contributed by atoms with Gasteiger partial charge in [-0.1, -0.05) is 13.0 Å². The summed E-state index contributed by atoms with van der Waals surface area (Å²) in [6.07, 6.45) is 3.93. The fourth-order valence-corrected chi connectivity index (χ4v) is 1.62. The Morgan fingerprint density at radius 2 is 2.31 bits per heavy atom. The van der Waals surface area contributed by atoms with E-state index in [1.54, 1.807) is 7.11 Å². The monoisotopic (exact) mass is 222 g/mol. The normalized spacial score (nSPS) is 12.7. The summed E-state index contributed by atoms with van der Waals surface area (Å²) in [7, 11) is 1.74.